The molecule has 1 aromatic carbocycles. The Hall–Kier alpha value is -3.36. The number of benzene rings is 1. The summed E-state index contributed by atoms with van der Waals surface area (Å²) in [7, 11) is 1.63. The van der Waals surface area contributed by atoms with Crippen molar-refractivity contribution in [2.75, 3.05) is 30.8 Å². The largest absolute Gasteiger partial charge is 0.494 e. The number of ether oxygens (including phenoxy) is 1. The van der Waals surface area contributed by atoms with E-state index >= 15 is 0 Å². The minimum Gasteiger partial charge on any atom is -0.494 e. The number of anilines is 2. The smallest absolute Gasteiger partial charge is 0.223 e. The highest BCUT2D eigenvalue weighted by Gasteiger charge is 2.30. The first kappa shape index (κ1) is 16.6. The Bertz CT molecular complexity index is 1220. The lowest BCUT2D eigenvalue weighted by atomic mass is 10.1. The van der Waals surface area contributed by atoms with Crippen LogP contribution in [0.3, 0.4) is 0 Å². The van der Waals surface area contributed by atoms with Crippen LogP contribution in [0.15, 0.2) is 30.6 Å². The maximum Gasteiger partial charge on any atom is 0.223 e. The average Bonchev–Trinajstić information content (AvgIpc) is 3.15. The van der Waals surface area contributed by atoms with Gasteiger partial charge in [0, 0.05) is 30.6 Å². The van der Waals surface area contributed by atoms with Crippen LogP contribution >= 0.6 is 0 Å². The van der Waals surface area contributed by atoms with Gasteiger partial charge in [-0.05, 0) is 31.4 Å². The molecule has 4 heterocycles. The van der Waals surface area contributed by atoms with Crippen LogP contribution in [0.1, 0.15) is 37.0 Å². The fourth-order valence-electron chi connectivity index (χ4n) is 4.22. The molecule has 2 aliphatic rings. The fourth-order valence-corrected chi connectivity index (χ4v) is 4.22. The molecule has 0 radical (unpaired) electrons. The van der Waals surface area contributed by atoms with Crippen LogP contribution in [0.5, 0.6) is 5.75 Å². The molecule has 1 saturated carbocycles. The van der Waals surface area contributed by atoms with Gasteiger partial charge in [-0.3, -0.25) is 4.68 Å². The van der Waals surface area contributed by atoms with Gasteiger partial charge < -0.3 is 15.4 Å². The van der Waals surface area contributed by atoms with E-state index in [-0.39, 0.29) is 5.92 Å². The van der Waals surface area contributed by atoms with Crippen molar-refractivity contribution in [1.82, 2.24) is 29.4 Å². The van der Waals surface area contributed by atoms with E-state index in [9.17, 15) is 0 Å². The molecule has 1 saturated heterocycles. The van der Waals surface area contributed by atoms with Crippen molar-refractivity contribution in [2.24, 2.45) is 0 Å². The van der Waals surface area contributed by atoms with Crippen LogP contribution in [0.2, 0.25) is 0 Å². The highest BCUT2D eigenvalue weighted by atomic mass is 16.5. The number of hydrogen-bond acceptors (Lipinski definition) is 7. The first-order valence-corrected chi connectivity index (χ1v) is 9.99. The minimum absolute atomic E-state index is 0.249. The number of nitrogens with zero attached hydrogens (tertiary/aromatic N) is 7. The van der Waals surface area contributed by atoms with Crippen LogP contribution in [-0.4, -0.2) is 49.6 Å². The van der Waals surface area contributed by atoms with Gasteiger partial charge in [0.25, 0.3) is 0 Å². The number of hydrogen-bond donors (Lipinski definition) is 1. The second-order valence-corrected chi connectivity index (χ2v) is 7.87. The van der Waals surface area contributed by atoms with E-state index in [0.717, 1.165) is 36.4 Å². The summed E-state index contributed by atoms with van der Waals surface area (Å²) in [5.74, 6) is 2.06. The molecule has 9 nitrogen and oxygen atoms in total. The number of para-hydroxylation sites is 1. The van der Waals surface area contributed by atoms with E-state index < -0.39 is 0 Å². The molecule has 0 amide bonds. The molecule has 0 unspecified atom stereocenters. The van der Waals surface area contributed by atoms with Crippen molar-refractivity contribution < 1.29 is 4.74 Å². The van der Waals surface area contributed by atoms with Crippen molar-refractivity contribution in [2.45, 2.75) is 31.2 Å². The van der Waals surface area contributed by atoms with Gasteiger partial charge in [-0.1, -0.05) is 6.07 Å². The zero-order valence-corrected chi connectivity index (χ0v) is 16.2. The Kier molecular flexibility index (Phi) is 3.47. The van der Waals surface area contributed by atoms with Gasteiger partial charge in [0.2, 0.25) is 5.95 Å². The molecule has 2 N–H and O–H groups in total. The first-order valence-electron chi connectivity index (χ1n) is 9.99. The summed E-state index contributed by atoms with van der Waals surface area (Å²) in [6, 6.07) is 6.38. The number of fused-ring (bicyclic) bond motifs is 3. The van der Waals surface area contributed by atoms with Gasteiger partial charge in [0.05, 0.1) is 25.0 Å². The molecule has 1 aliphatic carbocycles. The predicted molar refractivity (Wildman–Crippen MR) is 109 cm³/mol. The third-order valence-corrected chi connectivity index (χ3v) is 5.95. The summed E-state index contributed by atoms with van der Waals surface area (Å²) < 4.78 is 9.17. The number of aromatic nitrogens is 6. The zero-order chi connectivity index (χ0) is 19.5. The quantitative estimate of drug-likeness (QED) is 0.571. The Morgan fingerprint density at radius 1 is 1.17 bits per heavy atom. The lowest BCUT2D eigenvalue weighted by Gasteiger charge is -2.15. The van der Waals surface area contributed by atoms with Crippen LogP contribution in [-0.2, 0) is 0 Å². The molecular weight excluding hydrogens is 368 g/mol. The second-order valence-electron chi connectivity index (χ2n) is 7.87. The van der Waals surface area contributed by atoms with Crippen molar-refractivity contribution in [3.8, 4) is 5.75 Å². The first-order chi connectivity index (χ1) is 14.2. The Morgan fingerprint density at radius 2 is 2.07 bits per heavy atom. The van der Waals surface area contributed by atoms with Gasteiger partial charge in [-0.15, -0.1) is 5.10 Å². The van der Waals surface area contributed by atoms with Gasteiger partial charge >= 0.3 is 0 Å². The van der Waals surface area contributed by atoms with Crippen molar-refractivity contribution in [3.05, 3.63) is 36.4 Å². The van der Waals surface area contributed by atoms with E-state index in [0.29, 0.717) is 23.3 Å². The Labute approximate surface area is 167 Å². The van der Waals surface area contributed by atoms with Crippen LogP contribution < -0.4 is 15.4 Å². The predicted octanol–water partition coefficient (Wildman–Crippen LogP) is 2.39. The van der Waals surface area contributed by atoms with E-state index in [1.807, 2.05) is 24.4 Å². The lowest BCUT2D eigenvalue weighted by molar-refractivity contribution is 0.419. The van der Waals surface area contributed by atoms with Crippen molar-refractivity contribution >= 4 is 28.2 Å². The lowest BCUT2D eigenvalue weighted by Crippen LogP contribution is -2.18. The molecule has 29 heavy (non-hydrogen) atoms. The summed E-state index contributed by atoms with van der Waals surface area (Å²) in [6.07, 6.45) is 7.62. The van der Waals surface area contributed by atoms with Crippen molar-refractivity contribution in [3.63, 3.8) is 0 Å². The maximum absolute atomic E-state index is 6.19. The summed E-state index contributed by atoms with van der Waals surface area (Å²) >= 11 is 0. The second kappa shape index (κ2) is 6.07. The van der Waals surface area contributed by atoms with E-state index in [2.05, 4.69) is 25.9 Å². The van der Waals surface area contributed by atoms with Crippen LogP contribution in [0.25, 0.3) is 16.6 Å². The van der Waals surface area contributed by atoms with Crippen LogP contribution in [0, 0.1) is 0 Å². The van der Waals surface area contributed by atoms with Gasteiger partial charge in [0.15, 0.2) is 11.5 Å². The fraction of sp³-hybridized carbons (Fsp3) is 0.400. The zero-order valence-electron chi connectivity index (χ0n) is 16.2. The SMILES string of the molecule is COc1cccc2c1nc(N)n1nc([C@@H]3CCN(c4cnn(C5CC5)c4)C3)nc21. The highest BCUT2D eigenvalue weighted by Crippen LogP contribution is 2.36. The summed E-state index contributed by atoms with van der Waals surface area (Å²) in [5, 5.41) is 10.1. The molecular formula is C20H22N8O. The molecule has 2 fully saturated rings. The normalized spacial score (nSPS) is 19.5. The monoisotopic (exact) mass is 390 g/mol. The van der Waals surface area contributed by atoms with Gasteiger partial charge in [-0.25, -0.2) is 9.97 Å². The maximum atomic E-state index is 6.19. The number of nitrogen functional groups attached to an aromatic ring is 1. The van der Waals surface area contributed by atoms with Crippen molar-refractivity contribution in [1.29, 1.82) is 0 Å². The molecule has 9 heteroatoms. The minimum atomic E-state index is 0.249. The van der Waals surface area contributed by atoms with Crippen LogP contribution in [0.4, 0.5) is 11.6 Å². The summed E-state index contributed by atoms with van der Waals surface area (Å²) in [6.45, 7) is 1.85. The summed E-state index contributed by atoms with van der Waals surface area (Å²) in [4.78, 5) is 11.7. The van der Waals surface area contributed by atoms with Gasteiger partial charge in [0.1, 0.15) is 11.3 Å². The summed E-state index contributed by atoms with van der Waals surface area (Å²) in [5.41, 5.74) is 8.80. The Balaban J connectivity index is 1.34. The molecule has 0 bridgehead atoms. The molecule has 1 aliphatic heterocycles. The number of rotatable bonds is 4. The third kappa shape index (κ3) is 2.60. The van der Waals surface area contributed by atoms with E-state index in [4.69, 9.17) is 20.6 Å². The molecule has 6 rings (SSSR count). The van der Waals surface area contributed by atoms with E-state index in [1.165, 1.54) is 18.5 Å². The average molecular weight is 390 g/mol. The topological polar surface area (TPSA) is 99.4 Å². The number of methoxy groups -OCH3 is 1. The Morgan fingerprint density at radius 3 is 2.90 bits per heavy atom. The molecule has 0 spiro atoms. The molecule has 3 aromatic heterocycles. The highest BCUT2D eigenvalue weighted by molar-refractivity contribution is 5.95. The molecule has 1 atom stereocenters. The van der Waals surface area contributed by atoms with Gasteiger partial charge in [-0.2, -0.15) is 9.61 Å². The molecule has 4 aromatic rings. The number of nitrogens with two attached hydrogens (primary N) is 1. The third-order valence-electron chi connectivity index (χ3n) is 5.95. The van der Waals surface area contributed by atoms with E-state index in [1.54, 1.807) is 11.6 Å². The standard InChI is InChI=1S/C20H22N8O/c1-29-16-4-2-3-15-17(16)23-20(21)28-19(15)24-18(25-28)12-7-8-26(10-12)14-9-22-27(11-14)13-5-6-13/h2-4,9,11-13H,5-8,10H2,1H3,(H2,21,23)/t12-/m1/s1. The molecule has 148 valence electrons.